The lowest BCUT2D eigenvalue weighted by Crippen LogP contribution is -2.58. The summed E-state index contributed by atoms with van der Waals surface area (Å²) in [7, 11) is 0. The number of carboxylic acid groups (broad SMARTS) is 1. The maximum Gasteiger partial charge on any atom is 0.355 e. The van der Waals surface area contributed by atoms with Crippen molar-refractivity contribution in [2.75, 3.05) is 13.1 Å². The van der Waals surface area contributed by atoms with Crippen molar-refractivity contribution in [2.45, 2.75) is 25.8 Å². The molecule has 5 heteroatoms. The first-order chi connectivity index (χ1) is 7.67. The van der Waals surface area contributed by atoms with Crippen molar-refractivity contribution >= 4 is 17.3 Å². The summed E-state index contributed by atoms with van der Waals surface area (Å²) in [5.41, 5.74) is 0.811. The highest BCUT2D eigenvalue weighted by molar-refractivity contribution is 7.09. The zero-order valence-electron chi connectivity index (χ0n) is 8.98. The number of carboxylic acids is 1. The summed E-state index contributed by atoms with van der Waals surface area (Å²) >= 11 is 1.45. The first-order valence-electron chi connectivity index (χ1n) is 5.57. The lowest BCUT2D eigenvalue weighted by atomic mass is 9.63. The largest absolute Gasteiger partial charge is 0.476 e. The average Bonchev–Trinajstić information content (AvgIpc) is 2.55. The summed E-state index contributed by atoms with van der Waals surface area (Å²) in [4.78, 5) is 17.1. The minimum atomic E-state index is -0.929. The summed E-state index contributed by atoms with van der Waals surface area (Å²) < 4.78 is 0. The number of carbonyl (C=O) groups is 1. The second kappa shape index (κ2) is 3.53. The number of thiazole rings is 1. The van der Waals surface area contributed by atoms with E-state index in [1.807, 2.05) is 0 Å². The molecule has 4 nitrogen and oxygen atoms in total. The number of rotatable bonds is 3. The van der Waals surface area contributed by atoms with E-state index >= 15 is 0 Å². The van der Waals surface area contributed by atoms with E-state index in [4.69, 9.17) is 5.11 Å². The molecule has 1 N–H and O–H groups in total. The molecule has 0 radical (unpaired) electrons. The van der Waals surface area contributed by atoms with Gasteiger partial charge in [-0.05, 0) is 18.3 Å². The van der Waals surface area contributed by atoms with Crippen molar-refractivity contribution in [1.29, 1.82) is 0 Å². The Bertz CT molecular complexity index is 417. The van der Waals surface area contributed by atoms with E-state index in [9.17, 15) is 4.79 Å². The molecule has 0 aromatic carbocycles. The molecular formula is C11H14N2O2S. The third-order valence-electron chi connectivity index (χ3n) is 3.66. The number of nitrogens with zero attached hydrogens (tertiary/aromatic N) is 2. The molecule has 1 aliphatic heterocycles. The van der Waals surface area contributed by atoms with E-state index in [0.29, 0.717) is 5.41 Å². The molecule has 0 amide bonds. The number of hydrogen-bond donors (Lipinski definition) is 1. The van der Waals surface area contributed by atoms with Crippen molar-refractivity contribution in [3.63, 3.8) is 0 Å². The van der Waals surface area contributed by atoms with E-state index in [1.165, 1.54) is 43.7 Å². The molecule has 2 fully saturated rings. The lowest BCUT2D eigenvalue weighted by molar-refractivity contribution is -0.0645. The van der Waals surface area contributed by atoms with Crippen LogP contribution in [0.3, 0.4) is 0 Å². The maximum absolute atomic E-state index is 10.7. The van der Waals surface area contributed by atoms with Crippen LogP contribution < -0.4 is 0 Å². The normalized spacial score (nSPS) is 22.8. The van der Waals surface area contributed by atoms with Gasteiger partial charge in [0.15, 0.2) is 5.69 Å². The topological polar surface area (TPSA) is 53.4 Å². The molecular weight excluding hydrogens is 224 g/mol. The average molecular weight is 238 g/mol. The molecule has 86 valence electrons. The Kier molecular flexibility index (Phi) is 2.26. The van der Waals surface area contributed by atoms with Crippen molar-refractivity contribution in [1.82, 2.24) is 9.88 Å². The standard InChI is InChI=1S/C11H14N2O2S/c14-10(15)8-5-16-9(12-8)4-13-6-11(7-13)2-1-3-11/h5H,1-4,6-7H2,(H,14,15). The first kappa shape index (κ1) is 10.2. The van der Waals surface area contributed by atoms with Gasteiger partial charge in [0.05, 0.1) is 6.54 Å². The highest BCUT2D eigenvalue weighted by Gasteiger charge is 2.46. The van der Waals surface area contributed by atoms with Crippen LogP contribution in [0, 0.1) is 5.41 Å². The van der Waals surface area contributed by atoms with Crippen LogP contribution in [0.1, 0.15) is 34.8 Å². The van der Waals surface area contributed by atoms with Crippen molar-refractivity contribution < 1.29 is 9.90 Å². The monoisotopic (exact) mass is 238 g/mol. The predicted molar refractivity (Wildman–Crippen MR) is 60.6 cm³/mol. The van der Waals surface area contributed by atoms with E-state index in [-0.39, 0.29) is 5.69 Å². The predicted octanol–water partition coefficient (Wildman–Crippen LogP) is 1.83. The molecule has 0 bridgehead atoms. The van der Waals surface area contributed by atoms with Crippen LogP contribution in [-0.4, -0.2) is 34.0 Å². The van der Waals surface area contributed by atoms with Crippen LogP contribution in [0.5, 0.6) is 0 Å². The number of hydrogen-bond acceptors (Lipinski definition) is 4. The third-order valence-corrected chi connectivity index (χ3v) is 4.50. The molecule has 1 saturated heterocycles. The van der Waals surface area contributed by atoms with Gasteiger partial charge in [-0.1, -0.05) is 6.42 Å². The van der Waals surface area contributed by atoms with Crippen LogP contribution in [0.15, 0.2) is 5.38 Å². The van der Waals surface area contributed by atoms with Gasteiger partial charge in [-0.3, -0.25) is 4.90 Å². The third kappa shape index (κ3) is 1.64. The SMILES string of the molecule is O=C(O)c1csc(CN2CC3(CCC3)C2)n1. The Hall–Kier alpha value is -0.940. The Balaban J connectivity index is 1.57. The van der Waals surface area contributed by atoms with Crippen molar-refractivity contribution in [3.8, 4) is 0 Å². The van der Waals surface area contributed by atoms with E-state index < -0.39 is 5.97 Å². The number of aromatic nitrogens is 1. The molecule has 1 aliphatic carbocycles. The van der Waals surface area contributed by atoms with E-state index in [1.54, 1.807) is 5.38 Å². The fourth-order valence-electron chi connectivity index (χ4n) is 2.68. The van der Waals surface area contributed by atoms with Gasteiger partial charge in [0.2, 0.25) is 0 Å². The van der Waals surface area contributed by atoms with E-state index in [2.05, 4.69) is 9.88 Å². The molecule has 1 spiro atoms. The fourth-order valence-corrected chi connectivity index (χ4v) is 3.49. The molecule has 3 rings (SSSR count). The second-order valence-electron chi connectivity index (χ2n) is 4.93. The fraction of sp³-hybridized carbons (Fsp3) is 0.636. The van der Waals surface area contributed by atoms with Gasteiger partial charge >= 0.3 is 5.97 Å². The van der Waals surface area contributed by atoms with Crippen LogP contribution in [0.25, 0.3) is 0 Å². The molecule has 1 aromatic heterocycles. The van der Waals surface area contributed by atoms with Gasteiger partial charge in [-0.25, -0.2) is 9.78 Å². The summed E-state index contributed by atoms with van der Waals surface area (Å²) in [6.45, 7) is 3.17. The van der Waals surface area contributed by atoms with Gasteiger partial charge < -0.3 is 5.11 Å². The van der Waals surface area contributed by atoms with Crippen molar-refractivity contribution in [3.05, 3.63) is 16.1 Å². The summed E-state index contributed by atoms with van der Waals surface area (Å²) in [6, 6.07) is 0. The second-order valence-corrected chi connectivity index (χ2v) is 5.87. The van der Waals surface area contributed by atoms with Crippen LogP contribution in [0.2, 0.25) is 0 Å². The van der Waals surface area contributed by atoms with Gasteiger partial charge in [-0.15, -0.1) is 11.3 Å². The van der Waals surface area contributed by atoms with Crippen molar-refractivity contribution in [2.24, 2.45) is 5.41 Å². The Morgan fingerprint density at radius 3 is 2.81 bits per heavy atom. The number of likely N-dealkylation sites (tertiary alicyclic amines) is 1. The molecule has 1 saturated carbocycles. The molecule has 16 heavy (non-hydrogen) atoms. The molecule has 0 unspecified atom stereocenters. The molecule has 2 heterocycles. The van der Waals surface area contributed by atoms with Gasteiger partial charge in [0.25, 0.3) is 0 Å². The van der Waals surface area contributed by atoms with Crippen LogP contribution in [-0.2, 0) is 6.54 Å². The van der Waals surface area contributed by atoms with Gasteiger partial charge in [-0.2, -0.15) is 0 Å². The zero-order valence-corrected chi connectivity index (χ0v) is 9.79. The lowest BCUT2D eigenvalue weighted by Gasteiger charge is -2.55. The molecule has 0 atom stereocenters. The highest BCUT2D eigenvalue weighted by Crippen LogP contribution is 2.48. The Labute approximate surface area is 97.9 Å². The van der Waals surface area contributed by atoms with Gasteiger partial charge in [0.1, 0.15) is 5.01 Å². The highest BCUT2D eigenvalue weighted by atomic mass is 32.1. The maximum atomic E-state index is 10.7. The number of aromatic carboxylic acids is 1. The molecule has 1 aromatic rings. The summed E-state index contributed by atoms with van der Waals surface area (Å²) in [5.74, 6) is -0.929. The van der Waals surface area contributed by atoms with E-state index in [0.717, 1.165) is 11.6 Å². The smallest absolute Gasteiger partial charge is 0.355 e. The van der Waals surface area contributed by atoms with Crippen LogP contribution in [0.4, 0.5) is 0 Å². The quantitative estimate of drug-likeness (QED) is 0.872. The Morgan fingerprint density at radius 1 is 1.56 bits per heavy atom. The minimum Gasteiger partial charge on any atom is -0.476 e. The van der Waals surface area contributed by atoms with Crippen LogP contribution >= 0.6 is 11.3 Å². The zero-order chi connectivity index (χ0) is 11.2. The minimum absolute atomic E-state index is 0.180. The van der Waals surface area contributed by atoms with Gasteiger partial charge in [0, 0.05) is 18.5 Å². The Morgan fingerprint density at radius 2 is 2.31 bits per heavy atom. The first-order valence-corrected chi connectivity index (χ1v) is 6.45. The summed E-state index contributed by atoms with van der Waals surface area (Å²) in [6.07, 6.45) is 4.14. The molecule has 2 aliphatic rings. The summed E-state index contributed by atoms with van der Waals surface area (Å²) in [5, 5.41) is 11.3.